The van der Waals surface area contributed by atoms with Crippen LogP contribution < -0.4 is 10.1 Å². The Kier molecular flexibility index (Phi) is 4.32. The summed E-state index contributed by atoms with van der Waals surface area (Å²) >= 11 is 0. The van der Waals surface area contributed by atoms with E-state index in [4.69, 9.17) is 4.42 Å². The quantitative estimate of drug-likeness (QED) is 0.768. The van der Waals surface area contributed by atoms with Gasteiger partial charge in [-0.2, -0.15) is 0 Å². The van der Waals surface area contributed by atoms with Gasteiger partial charge in [-0.15, -0.1) is 4.83 Å². The van der Waals surface area contributed by atoms with Gasteiger partial charge in [0.25, 0.3) is 10.0 Å². The lowest BCUT2D eigenvalue weighted by Gasteiger charge is -2.31. The molecule has 0 atom stereocenters. The van der Waals surface area contributed by atoms with Crippen molar-refractivity contribution in [1.29, 1.82) is 0 Å². The van der Waals surface area contributed by atoms with Crippen LogP contribution in [0.2, 0.25) is 0 Å². The number of piperazine rings is 1. The number of likely N-dealkylation sites (N-methyl/N-ethyl adjacent to an activating group) is 1. The molecule has 2 N–H and O–H groups in total. The number of nitrogens with one attached hydrogen (secondary N) is 2. The van der Waals surface area contributed by atoms with Crippen molar-refractivity contribution < 1.29 is 12.8 Å². The molecule has 0 bridgehead atoms. The molecule has 21 heavy (non-hydrogen) atoms. The highest BCUT2D eigenvalue weighted by molar-refractivity contribution is 7.89. The van der Waals surface area contributed by atoms with Gasteiger partial charge in [0, 0.05) is 32.2 Å². The predicted molar refractivity (Wildman–Crippen MR) is 78.0 cm³/mol. The number of hydrogen-bond donors (Lipinski definition) is 2. The van der Waals surface area contributed by atoms with Gasteiger partial charge in [-0.05, 0) is 32.0 Å². The van der Waals surface area contributed by atoms with E-state index < -0.39 is 10.0 Å². The first-order valence-electron chi connectivity index (χ1n) is 7.31. The molecule has 2 aliphatic rings. The third kappa shape index (κ3) is 4.04. The van der Waals surface area contributed by atoms with Crippen LogP contribution in [-0.2, 0) is 16.6 Å². The summed E-state index contributed by atoms with van der Waals surface area (Å²) in [6.45, 7) is 3.61. The van der Waals surface area contributed by atoms with E-state index in [0.717, 1.165) is 13.1 Å². The third-order valence-corrected chi connectivity index (χ3v) is 5.04. The first-order chi connectivity index (χ1) is 10.0. The van der Waals surface area contributed by atoms with Crippen molar-refractivity contribution in [3.63, 3.8) is 0 Å². The van der Waals surface area contributed by atoms with Crippen LogP contribution in [0.3, 0.4) is 0 Å². The van der Waals surface area contributed by atoms with Gasteiger partial charge in [0.2, 0.25) is 5.09 Å². The van der Waals surface area contributed by atoms with Crippen LogP contribution in [0.1, 0.15) is 18.6 Å². The molecule has 0 spiro atoms. The molecule has 1 saturated carbocycles. The zero-order valence-corrected chi connectivity index (χ0v) is 13.0. The average molecular weight is 314 g/mol. The van der Waals surface area contributed by atoms with E-state index in [2.05, 4.69) is 15.0 Å². The fraction of sp³-hybridized carbons (Fsp3) is 0.692. The monoisotopic (exact) mass is 314 g/mol. The van der Waals surface area contributed by atoms with Crippen molar-refractivity contribution in [3.05, 3.63) is 17.9 Å². The second-order valence-corrected chi connectivity index (χ2v) is 7.35. The van der Waals surface area contributed by atoms with Crippen LogP contribution >= 0.6 is 0 Å². The first kappa shape index (κ1) is 15.0. The number of furan rings is 1. The van der Waals surface area contributed by atoms with E-state index in [1.165, 1.54) is 18.9 Å². The Labute approximate surface area is 125 Å². The minimum Gasteiger partial charge on any atom is -0.447 e. The van der Waals surface area contributed by atoms with Crippen molar-refractivity contribution in [3.8, 4) is 0 Å². The largest absolute Gasteiger partial charge is 0.447 e. The summed E-state index contributed by atoms with van der Waals surface area (Å²) in [5.41, 5.74) is 0. The number of hydrogen-bond acceptors (Lipinski definition) is 6. The first-order valence-corrected chi connectivity index (χ1v) is 8.79. The molecule has 2 heterocycles. The third-order valence-electron chi connectivity index (χ3n) is 3.80. The van der Waals surface area contributed by atoms with E-state index in [-0.39, 0.29) is 5.09 Å². The summed E-state index contributed by atoms with van der Waals surface area (Å²) in [6.07, 6.45) is 2.38. The molecule has 1 saturated heterocycles. The van der Waals surface area contributed by atoms with Crippen LogP contribution in [0, 0.1) is 0 Å². The maximum absolute atomic E-state index is 12.3. The molecule has 1 aliphatic carbocycles. The zero-order chi connectivity index (χ0) is 14.9. The topological polar surface area (TPSA) is 77.8 Å². The van der Waals surface area contributed by atoms with Gasteiger partial charge >= 0.3 is 0 Å². The molecule has 0 amide bonds. The van der Waals surface area contributed by atoms with Crippen LogP contribution in [0.5, 0.6) is 0 Å². The molecule has 3 rings (SSSR count). The minimum absolute atomic E-state index is 0.0194. The highest BCUT2D eigenvalue weighted by Crippen LogP contribution is 2.20. The van der Waals surface area contributed by atoms with Gasteiger partial charge in [0.1, 0.15) is 5.76 Å². The van der Waals surface area contributed by atoms with Gasteiger partial charge < -0.3 is 14.6 Å². The van der Waals surface area contributed by atoms with Crippen molar-refractivity contribution in [1.82, 2.24) is 20.1 Å². The van der Waals surface area contributed by atoms with E-state index in [1.807, 2.05) is 7.05 Å². The Morgan fingerprint density at radius 1 is 1.24 bits per heavy atom. The summed E-state index contributed by atoms with van der Waals surface area (Å²) in [4.78, 5) is 4.75. The molecule has 1 aromatic rings. The second kappa shape index (κ2) is 6.05. The number of rotatable bonds is 6. The van der Waals surface area contributed by atoms with Crippen LogP contribution in [0.15, 0.2) is 21.6 Å². The van der Waals surface area contributed by atoms with Gasteiger partial charge in [-0.25, -0.2) is 13.4 Å². The highest BCUT2D eigenvalue weighted by Gasteiger charge is 2.25. The molecule has 0 aromatic carbocycles. The van der Waals surface area contributed by atoms with Crippen LogP contribution in [-0.4, -0.2) is 57.6 Å². The second-order valence-electron chi connectivity index (χ2n) is 5.76. The lowest BCUT2D eigenvalue weighted by Crippen LogP contribution is -2.52. The maximum atomic E-state index is 12.3. The molecule has 0 unspecified atom stereocenters. The Hall–Kier alpha value is -0.930. The Balaban J connectivity index is 1.58. The SMILES string of the molecule is CN1CCN(NS(=O)(=O)c2ccc(CNC3CC3)o2)CC1. The van der Waals surface area contributed by atoms with Crippen LogP contribution in [0.4, 0.5) is 0 Å². The lowest BCUT2D eigenvalue weighted by atomic mass is 10.4. The zero-order valence-electron chi connectivity index (χ0n) is 12.2. The standard InChI is InChI=1S/C13H22N4O3S/c1-16-6-8-17(9-7-16)15-21(18,19)13-5-4-12(20-13)10-14-11-2-3-11/h4-5,11,14-15H,2-3,6-10H2,1H3. The minimum atomic E-state index is -3.62. The van der Waals surface area contributed by atoms with Gasteiger partial charge in [0.05, 0.1) is 6.54 Å². The summed E-state index contributed by atoms with van der Waals surface area (Å²) in [5, 5.41) is 5.00. The molecule has 7 nitrogen and oxygen atoms in total. The van der Waals surface area contributed by atoms with Gasteiger partial charge in [-0.3, -0.25) is 0 Å². The van der Waals surface area contributed by atoms with Crippen molar-refractivity contribution in [2.75, 3.05) is 33.2 Å². The number of hydrazine groups is 1. The highest BCUT2D eigenvalue weighted by atomic mass is 32.2. The normalized spacial score (nSPS) is 21.8. The summed E-state index contributed by atoms with van der Waals surface area (Å²) in [6, 6.07) is 3.80. The van der Waals surface area contributed by atoms with E-state index in [1.54, 1.807) is 11.1 Å². The smallest absolute Gasteiger partial charge is 0.286 e. The molecular weight excluding hydrogens is 292 g/mol. The summed E-state index contributed by atoms with van der Waals surface area (Å²) in [7, 11) is -1.59. The fourth-order valence-electron chi connectivity index (χ4n) is 2.24. The Bertz CT molecular complexity index is 574. The fourth-order valence-corrected chi connectivity index (χ4v) is 3.32. The Morgan fingerprint density at radius 3 is 2.62 bits per heavy atom. The van der Waals surface area contributed by atoms with E-state index in [9.17, 15) is 8.42 Å². The molecule has 2 fully saturated rings. The van der Waals surface area contributed by atoms with Gasteiger partial charge in [0.15, 0.2) is 0 Å². The number of nitrogens with zero attached hydrogens (tertiary/aromatic N) is 2. The van der Waals surface area contributed by atoms with Crippen molar-refractivity contribution in [2.24, 2.45) is 0 Å². The molecule has 0 radical (unpaired) electrons. The molecule has 8 heteroatoms. The van der Waals surface area contributed by atoms with Crippen LogP contribution in [0.25, 0.3) is 0 Å². The lowest BCUT2D eigenvalue weighted by molar-refractivity contribution is 0.134. The summed E-state index contributed by atoms with van der Waals surface area (Å²) in [5.74, 6) is 0.653. The molecular formula is C13H22N4O3S. The molecule has 1 aromatic heterocycles. The number of sulfonamides is 1. The van der Waals surface area contributed by atoms with E-state index >= 15 is 0 Å². The van der Waals surface area contributed by atoms with E-state index in [0.29, 0.717) is 31.4 Å². The maximum Gasteiger partial charge on any atom is 0.286 e. The van der Waals surface area contributed by atoms with Gasteiger partial charge in [-0.1, -0.05) is 0 Å². The van der Waals surface area contributed by atoms with Crippen molar-refractivity contribution in [2.45, 2.75) is 30.5 Å². The molecule has 1 aliphatic heterocycles. The summed E-state index contributed by atoms with van der Waals surface area (Å²) < 4.78 is 30.0. The average Bonchev–Trinajstić information content (AvgIpc) is 3.15. The predicted octanol–water partition coefficient (Wildman–Crippen LogP) is -0.0277. The molecule has 118 valence electrons. The Morgan fingerprint density at radius 2 is 1.95 bits per heavy atom. The van der Waals surface area contributed by atoms with Crippen molar-refractivity contribution >= 4 is 10.0 Å².